The number of ether oxygens (including phenoxy) is 1. The molecule has 0 aromatic heterocycles. The highest BCUT2D eigenvalue weighted by molar-refractivity contribution is 5.74. The Morgan fingerprint density at radius 1 is 1.38 bits per heavy atom. The van der Waals surface area contributed by atoms with Crippen molar-refractivity contribution in [3.05, 3.63) is 0 Å². The molecular formula is C11H19NO4. The first kappa shape index (κ1) is 11.8. The van der Waals surface area contributed by atoms with Crippen molar-refractivity contribution in [2.75, 3.05) is 26.3 Å². The van der Waals surface area contributed by atoms with Crippen LogP contribution in [-0.2, 0) is 9.53 Å². The van der Waals surface area contributed by atoms with Crippen LogP contribution in [0.3, 0.4) is 0 Å². The van der Waals surface area contributed by atoms with Crippen LogP contribution >= 0.6 is 0 Å². The second-order valence-electron chi connectivity index (χ2n) is 4.75. The molecule has 2 N–H and O–H groups in total. The summed E-state index contributed by atoms with van der Waals surface area (Å²) in [5.41, 5.74) is 0. The van der Waals surface area contributed by atoms with E-state index in [9.17, 15) is 9.90 Å². The van der Waals surface area contributed by atoms with E-state index in [0.29, 0.717) is 18.9 Å². The summed E-state index contributed by atoms with van der Waals surface area (Å²) >= 11 is 0. The molecule has 5 heteroatoms. The van der Waals surface area contributed by atoms with E-state index < -0.39 is 18.1 Å². The highest BCUT2D eigenvalue weighted by Gasteiger charge is 2.36. The summed E-state index contributed by atoms with van der Waals surface area (Å²) in [7, 11) is 0. The van der Waals surface area contributed by atoms with Crippen LogP contribution in [0.2, 0.25) is 0 Å². The van der Waals surface area contributed by atoms with E-state index >= 15 is 0 Å². The average Bonchev–Trinajstić information content (AvgIpc) is 2.61. The van der Waals surface area contributed by atoms with Gasteiger partial charge in [-0.3, -0.25) is 9.69 Å². The molecule has 2 aliphatic rings. The predicted octanol–water partition coefficient (Wildman–Crippen LogP) is -0.0672. The van der Waals surface area contributed by atoms with E-state index in [0.717, 1.165) is 32.6 Å². The molecule has 2 fully saturated rings. The van der Waals surface area contributed by atoms with Gasteiger partial charge >= 0.3 is 5.97 Å². The normalized spacial score (nSPS) is 33.1. The Kier molecular flexibility index (Phi) is 3.78. The molecule has 0 radical (unpaired) electrons. The van der Waals surface area contributed by atoms with Crippen molar-refractivity contribution in [2.45, 2.75) is 31.4 Å². The van der Waals surface area contributed by atoms with Crippen molar-refractivity contribution in [2.24, 2.45) is 5.92 Å². The lowest BCUT2D eigenvalue weighted by atomic mass is 9.99. The number of aliphatic hydroxyl groups excluding tert-OH is 1. The van der Waals surface area contributed by atoms with E-state index in [2.05, 4.69) is 0 Å². The molecule has 2 aliphatic heterocycles. The van der Waals surface area contributed by atoms with Gasteiger partial charge in [0.2, 0.25) is 0 Å². The van der Waals surface area contributed by atoms with Gasteiger partial charge in [0.1, 0.15) is 6.04 Å². The Labute approximate surface area is 95.0 Å². The fourth-order valence-electron chi connectivity index (χ4n) is 2.60. The zero-order chi connectivity index (χ0) is 11.5. The van der Waals surface area contributed by atoms with Crippen LogP contribution < -0.4 is 0 Å². The maximum absolute atomic E-state index is 11.0. The molecule has 0 amide bonds. The molecule has 0 aliphatic carbocycles. The number of hydrogen-bond donors (Lipinski definition) is 2. The van der Waals surface area contributed by atoms with Gasteiger partial charge in [-0.25, -0.2) is 0 Å². The number of likely N-dealkylation sites (tertiary alicyclic amines) is 1. The number of aliphatic hydroxyl groups is 1. The van der Waals surface area contributed by atoms with Crippen LogP contribution in [0.5, 0.6) is 0 Å². The van der Waals surface area contributed by atoms with Gasteiger partial charge in [0.25, 0.3) is 0 Å². The smallest absolute Gasteiger partial charge is 0.321 e. The largest absolute Gasteiger partial charge is 0.480 e. The lowest BCUT2D eigenvalue weighted by Gasteiger charge is -2.29. The lowest BCUT2D eigenvalue weighted by Crippen LogP contribution is -2.40. The molecule has 2 saturated heterocycles. The molecule has 0 aromatic rings. The highest BCUT2D eigenvalue weighted by atomic mass is 16.5. The number of carboxylic acid groups (broad SMARTS) is 1. The van der Waals surface area contributed by atoms with Crippen molar-refractivity contribution in [1.29, 1.82) is 0 Å². The Morgan fingerprint density at radius 2 is 2.06 bits per heavy atom. The number of carboxylic acids is 1. The van der Waals surface area contributed by atoms with Gasteiger partial charge in [-0.1, -0.05) is 0 Å². The summed E-state index contributed by atoms with van der Waals surface area (Å²) in [6, 6.07) is -0.502. The van der Waals surface area contributed by atoms with Gasteiger partial charge in [0.05, 0.1) is 6.10 Å². The summed E-state index contributed by atoms with van der Waals surface area (Å²) in [5, 5.41) is 18.6. The summed E-state index contributed by atoms with van der Waals surface area (Å²) in [5.74, 6) is -0.301. The van der Waals surface area contributed by atoms with Crippen LogP contribution in [0.15, 0.2) is 0 Å². The third kappa shape index (κ3) is 2.72. The van der Waals surface area contributed by atoms with Crippen molar-refractivity contribution in [3.63, 3.8) is 0 Å². The van der Waals surface area contributed by atoms with Crippen molar-refractivity contribution >= 4 is 5.97 Å². The van der Waals surface area contributed by atoms with Crippen LogP contribution in [0, 0.1) is 5.92 Å². The summed E-state index contributed by atoms with van der Waals surface area (Å²) in [4.78, 5) is 12.9. The predicted molar refractivity (Wildman–Crippen MR) is 57.2 cm³/mol. The Morgan fingerprint density at radius 3 is 2.69 bits per heavy atom. The summed E-state index contributed by atoms with van der Waals surface area (Å²) in [6.45, 7) is 2.82. The van der Waals surface area contributed by atoms with E-state index in [4.69, 9.17) is 9.84 Å². The minimum absolute atomic E-state index is 0.360. The third-order valence-electron chi connectivity index (χ3n) is 3.50. The van der Waals surface area contributed by atoms with Gasteiger partial charge in [0.15, 0.2) is 0 Å². The number of hydrogen-bond acceptors (Lipinski definition) is 4. The zero-order valence-electron chi connectivity index (χ0n) is 9.34. The Hall–Kier alpha value is -0.650. The number of rotatable bonds is 3. The zero-order valence-corrected chi connectivity index (χ0v) is 9.34. The molecular weight excluding hydrogens is 210 g/mol. The number of nitrogens with zero attached hydrogens (tertiary/aromatic N) is 1. The number of β-amino-alcohol motifs (C(OH)–C–C–N with tert-alkyl or cyclic N) is 1. The van der Waals surface area contributed by atoms with Crippen LogP contribution in [-0.4, -0.2) is 59.5 Å². The highest BCUT2D eigenvalue weighted by Crippen LogP contribution is 2.23. The molecule has 0 spiro atoms. The molecule has 0 bridgehead atoms. The summed E-state index contributed by atoms with van der Waals surface area (Å²) < 4.78 is 5.28. The molecule has 0 aromatic carbocycles. The number of aliphatic carboxylic acids is 1. The van der Waals surface area contributed by atoms with Crippen molar-refractivity contribution in [1.82, 2.24) is 4.90 Å². The molecule has 0 unspecified atom stereocenters. The molecule has 2 atom stereocenters. The van der Waals surface area contributed by atoms with Crippen molar-refractivity contribution < 1.29 is 19.7 Å². The van der Waals surface area contributed by atoms with Crippen LogP contribution in [0.1, 0.15) is 19.3 Å². The third-order valence-corrected chi connectivity index (χ3v) is 3.50. The number of carbonyl (C=O) groups is 1. The molecule has 5 nitrogen and oxygen atoms in total. The fraction of sp³-hybridized carbons (Fsp3) is 0.909. The quantitative estimate of drug-likeness (QED) is 0.709. The SMILES string of the molecule is O=C(O)[C@@H]1C[C@@H](O)CN1CC1CCOCC1. The van der Waals surface area contributed by atoms with Gasteiger partial charge in [-0.05, 0) is 18.8 Å². The van der Waals surface area contributed by atoms with E-state index in [1.807, 2.05) is 4.90 Å². The minimum Gasteiger partial charge on any atom is -0.480 e. The minimum atomic E-state index is -0.816. The molecule has 92 valence electrons. The average molecular weight is 229 g/mol. The van der Waals surface area contributed by atoms with E-state index in [1.54, 1.807) is 0 Å². The molecule has 2 rings (SSSR count). The van der Waals surface area contributed by atoms with E-state index in [-0.39, 0.29) is 0 Å². The maximum atomic E-state index is 11.0. The van der Waals surface area contributed by atoms with Crippen molar-refractivity contribution in [3.8, 4) is 0 Å². The first-order chi connectivity index (χ1) is 7.66. The first-order valence-electron chi connectivity index (χ1n) is 5.89. The molecule has 0 saturated carbocycles. The van der Waals surface area contributed by atoms with Gasteiger partial charge in [0, 0.05) is 32.7 Å². The standard InChI is InChI=1S/C11H19NO4/c13-9-5-10(11(14)15)12(7-9)6-8-1-3-16-4-2-8/h8-10,13H,1-7H2,(H,14,15)/t9-,10+/m1/s1. The van der Waals surface area contributed by atoms with Gasteiger partial charge < -0.3 is 14.9 Å². The lowest BCUT2D eigenvalue weighted by molar-refractivity contribution is -0.142. The molecule has 2 heterocycles. The van der Waals surface area contributed by atoms with Gasteiger partial charge in [-0.2, -0.15) is 0 Å². The van der Waals surface area contributed by atoms with Crippen LogP contribution in [0.25, 0.3) is 0 Å². The monoisotopic (exact) mass is 229 g/mol. The second kappa shape index (κ2) is 5.12. The van der Waals surface area contributed by atoms with Gasteiger partial charge in [-0.15, -0.1) is 0 Å². The topological polar surface area (TPSA) is 70.0 Å². The first-order valence-corrected chi connectivity index (χ1v) is 5.89. The Bertz CT molecular complexity index is 252. The summed E-state index contributed by atoms with van der Waals surface area (Å²) in [6.07, 6.45) is 1.87. The maximum Gasteiger partial charge on any atom is 0.321 e. The second-order valence-corrected chi connectivity index (χ2v) is 4.75. The van der Waals surface area contributed by atoms with Crippen LogP contribution in [0.4, 0.5) is 0 Å². The van der Waals surface area contributed by atoms with E-state index in [1.165, 1.54) is 0 Å². The Balaban J connectivity index is 1.89. The fourth-order valence-corrected chi connectivity index (χ4v) is 2.60. The molecule has 16 heavy (non-hydrogen) atoms.